The van der Waals surface area contributed by atoms with Gasteiger partial charge < -0.3 is 0 Å². The molecule has 0 N–H and O–H groups in total. The van der Waals surface area contributed by atoms with Crippen molar-refractivity contribution in [2.75, 3.05) is 0 Å². The molecule has 0 amide bonds. The lowest BCUT2D eigenvalue weighted by Crippen LogP contribution is -2.52. The maximum Gasteiger partial charge on any atom is 0.282 e. The van der Waals surface area contributed by atoms with Crippen LogP contribution in [0.15, 0.2) is 51.3 Å². The van der Waals surface area contributed by atoms with Gasteiger partial charge in [-0.1, -0.05) is 32.0 Å². The summed E-state index contributed by atoms with van der Waals surface area (Å²) < 4.78 is 28.8. The molecule has 0 spiro atoms. The lowest BCUT2D eigenvalue weighted by atomic mass is 9.79. The number of hydrogen-bond donors (Lipinski definition) is 0. The standard InChI is InChI=1S/C16H17Cl2NO3S/c1-10(2)16(18)13(20)9-11(3)14(15(16)17)19-23(21,22)12-7-5-4-6-8-12/h4-10,15H,1-3H3/t15-,16-/m1/s1. The van der Waals surface area contributed by atoms with E-state index in [0.29, 0.717) is 5.57 Å². The summed E-state index contributed by atoms with van der Waals surface area (Å²) >= 11 is 12.8. The first-order valence-electron chi connectivity index (χ1n) is 7.06. The van der Waals surface area contributed by atoms with Crippen molar-refractivity contribution in [1.29, 1.82) is 0 Å². The summed E-state index contributed by atoms with van der Waals surface area (Å²) in [5.41, 5.74) is 0.519. The van der Waals surface area contributed by atoms with Crippen LogP contribution in [0.25, 0.3) is 0 Å². The summed E-state index contributed by atoms with van der Waals surface area (Å²) in [5.74, 6) is -0.615. The SMILES string of the molecule is CC1=CC(=O)[C@](Cl)(C(C)C)[C@H](Cl)C1=NS(=O)(=O)c1ccccc1. The smallest absolute Gasteiger partial charge is 0.282 e. The zero-order chi connectivity index (χ0) is 17.4. The summed E-state index contributed by atoms with van der Waals surface area (Å²) in [6.45, 7) is 5.12. The summed E-state index contributed by atoms with van der Waals surface area (Å²) in [4.78, 5) is 10.9. The fraction of sp³-hybridized carbons (Fsp3) is 0.375. The number of ketones is 1. The lowest BCUT2D eigenvalue weighted by Gasteiger charge is -2.36. The van der Waals surface area contributed by atoms with E-state index in [4.69, 9.17) is 23.2 Å². The predicted octanol–water partition coefficient (Wildman–Crippen LogP) is 3.59. The number of nitrogens with zero attached hydrogens (tertiary/aromatic N) is 1. The van der Waals surface area contributed by atoms with Crippen LogP contribution >= 0.6 is 23.2 Å². The van der Waals surface area contributed by atoms with Gasteiger partial charge in [-0.05, 0) is 36.6 Å². The van der Waals surface area contributed by atoms with E-state index in [-0.39, 0.29) is 22.3 Å². The Labute approximate surface area is 146 Å². The number of sulfonamides is 1. The fourth-order valence-corrected chi connectivity index (χ4v) is 4.29. The summed E-state index contributed by atoms with van der Waals surface area (Å²) in [6.07, 6.45) is 1.31. The van der Waals surface area contributed by atoms with Gasteiger partial charge in [0.25, 0.3) is 10.0 Å². The Hall–Kier alpha value is -1.17. The van der Waals surface area contributed by atoms with Crippen LogP contribution < -0.4 is 0 Å². The summed E-state index contributed by atoms with van der Waals surface area (Å²) in [5, 5.41) is -1.03. The zero-order valence-electron chi connectivity index (χ0n) is 13.0. The van der Waals surface area contributed by atoms with Crippen molar-refractivity contribution >= 4 is 44.7 Å². The Morgan fingerprint density at radius 2 is 1.78 bits per heavy atom. The number of alkyl halides is 2. The molecular formula is C16H17Cl2NO3S. The van der Waals surface area contributed by atoms with Crippen molar-refractivity contribution in [2.45, 2.75) is 35.9 Å². The largest absolute Gasteiger partial charge is 0.293 e. The fourth-order valence-electron chi connectivity index (χ4n) is 2.38. The second-order valence-corrected chi connectivity index (χ2v) is 8.41. The quantitative estimate of drug-likeness (QED) is 0.760. The minimum atomic E-state index is -3.93. The van der Waals surface area contributed by atoms with Gasteiger partial charge in [0.1, 0.15) is 10.3 Å². The van der Waals surface area contributed by atoms with Crippen molar-refractivity contribution in [1.82, 2.24) is 0 Å². The van der Waals surface area contributed by atoms with Crippen LogP contribution in [0.5, 0.6) is 0 Å². The molecule has 2 atom stereocenters. The van der Waals surface area contributed by atoms with Gasteiger partial charge in [-0.2, -0.15) is 12.8 Å². The van der Waals surface area contributed by atoms with E-state index in [1.54, 1.807) is 39.0 Å². The number of carbonyl (C=O) groups excluding carboxylic acids is 1. The predicted molar refractivity (Wildman–Crippen MR) is 92.9 cm³/mol. The van der Waals surface area contributed by atoms with Crippen LogP contribution in [-0.4, -0.2) is 30.2 Å². The first kappa shape index (κ1) is 18.2. The molecule has 0 unspecified atom stereocenters. The highest BCUT2D eigenvalue weighted by molar-refractivity contribution is 7.90. The third kappa shape index (κ3) is 3.23. The molecule has 0 saturated heterocycles. The average molecular weight is 374 g/mol. The van der Waals surface area contributed by atoms with E-state index in [1.807, 2.05) is 0 Å². The van der Waals surface area contributed by atoms with Gasteiger partial charge in [0.15, 0.2) is 5.78 Å². The minimum Gasteiger partial charge on any atom is -0.293 e. The molecule has 4 nitrogen and oxygen atoms in total. The van der Waals surface area contributed by atoms with Gasteiger partial charge in [-0.25, -0.2) is 0 Å². The minimum absolute atomic E-state index is 0.0609. The van der Waals surface area contributed by atoms with Crippen molar-refractivity contribution in [3.63, 3.8) is 0 Å². The van der Waals surface area contributed by atoms with Gasteiger partial charge in [-0.15, -0.1) is 23.2 Å². The number of allylic oxidation sites excluding steroid dienone is 2. The van der Waals surface area contributed by atoms with E-state index >= 15 is 0 Å². The van der Waals surface area contributed by atoms with Crippen molar-refractivity contribution in [2.24, 2.45) is 10.3 Å². The van der Waals surface area contributed by atoms with Crippen molar-refractivity contribution < 1.29 is 13.2 Å². The molecule has 0 fully saturated rings. The van der Waals surface area contributed by atoms with Crippen LogP contribution in [0, 0.1) is 5.92 Å². The summed E-state index contributed by atoms with van der Waals surface area (Å²) in [7, 11) is -3.93. The Morgan fingerprint density at radius 3 is 2.30 bits per heavy atom. The number of halogens is 2. The second-order valence-electron chi connectivity index (χ2n) is 5.74. The van der Waals surface area contributed by atoms with Gasteiger partial charge in [0.2, 0.25) is 0 Å². The Morgan fingerprint density at radius 1 is 1.22 bits per heavy atom. The van der Waals surface area contributed by atoms with E-state index in [1.165, 1.54) is 18.2 Å². The van der Waals surface area contributed by atoms with Gasteiger partial charge in [0, 0.05) is 0 Å². The molecule has 1 aromatic rings. The third-order valence-electron chi connectivity index (χ3n) is 3.84. The molecule has 1 aromatic carbocycles. The highest BCUT2D eigenvalue weighted by Gasteiger charge is 2.50. The zero-order valence-corrected chi connectivity index (χ0v) is 15.3. The normalized spacial score (nSPS) is 27.4. The summed E-state index contributed by atoms with van der Waals surface area (Å²) in [6, 6.07) is 7.83. The van der Waals surface area contributed by atoms with E-state index in [0.717, 1.165) is 0 Å². The van der Waals surface area contributed by atoms with Crippen molar-refractivity contribution in [3.8, 4) is 0 Å². The molecule has 2 rings (SSSR count). The molecular weight excluding hydrogens is 357 g/mol. The van der Waals surface area contributed by atoms with Gasteiger partial charge in [-0.3, -0.25) is 4.79 Å². The number of carbonyl (C=O) groups is 1. The first-order chi connectivity index (χ1) is 10.6. The molecule has 0 aromatic heterocycles. The topological polar surface area (TPSA) is 63.6 Å². The van der Waals surface area contributed by atoms with Crippen LogP contribution in [-0.2, 0) is 14.8 Å². The second kappa shape index (κ2) is 6.38. The average Bonchev–Trinajstić information content (AvgIpc) is 2.50. The van der Waals surface area contributed by atoms with E-state index in [2.05, 4.69) is 4.40 Å². The molecule has 23 heavy (non-hydrogen) atoms. The van der Waals surface area contributed by atoms with E-state index < -0.39 is 20.3 Å². The molecule has 7 heteroatoms. The molecule has 0 bridgehead atoms. The highest BCUT2D eigenvalue weighted by Crippen LogP contribution is 2.39. The maximum atomic E-state index is 12.5. The first-order valence-corrected chi connectivity index (χ1v) is 9.32. The molecule has 0 saturated carbocycles. The number of rotatable bonds is 3. The maximum absolute atomic E-state index is 12.5. The molecule has 124 valence electrons. The van der Waals surface area contributed by atoms with Crippen LogP contribution in [0.4, 0.5) is 0 Å². The molecule has 1 aliphatic carbocycles. The van der Waals surface area contributed by atoms with Crippen molar-refractivity contribution in [3.05, 3.63) is 42.0 Å². The van der Waals surface area contributed by atoms with Gasteiger partial charge in [0.05, 0.1) is 10.6 Å². The molecule has 0 heterocycles. The number of benzene rings is 1. The molecule has 1 aliphatic rings. The van der Waals surface area contributed by atoms with Gasteiger partial charge >= 0.3 is 0 Å². The van der Waals surface area contributed by atoms with Crippen LogP contribution in [0.2, 0.25) is 0 Å². The Kier molecular flexibility index (Phi) is 5.04. The van der Waals surface area contributed by atoms with Crippen LogP contribution in [0.1, 0.15) is 20.8 Å². The number of hydrogen-bond acceptors (Lipinski definition) is 3. The Bertz CT molecular complexity index is 785. The van der Waals surface area contributed by atoms with E-state index in [9.17, 15) is 13.2 Å². The molecule has 0 radical (unpaired) electrons. The van der Waals surface area contributed by atoms with Crippen LogP contribution in [0.3, 0.4) is 0 Å². The Balaban J connectivity index is 2.58. The highest BCUT2D eigenvalue weighted by atomic mass is 35.5. The third-order valence-corrected chi connectivity index (χ3v) is 6.65. The monoisotopic (exact) mass is 373 g/mol. The molecule has 0 aliphatic heterocycles. The lowest BCUT2D eigenvalue weighted by molar-refractivity contribution is -0.118.